The Morgan fingerprint density at radius 3 is 2.41 bits per heavy atom. The van der Waals surface area contributed by atoms with Crippen LogP contribution in [0.2, 0.25) is 0 Å². The molecule has 0 spiro atoms. The largest absolute Gasteiger partial charge is 0.334 e. The van der Waals surface area contributed by atoms with E-state index in [1.54, 1.807) is 0 Å². The van der Waals surface area contributed by atoms with Gasteiger partial charge in [-0.05, 0) is 26.3 Å². The lowest BCUT2D eigenvalue weighted by molar-refractivity contribution is -0.136. The van der Waals surface area contributed by atoms with Gasteiger partial charge in [0.15, 0.2) is 0 Å². The van der Waals surface area contributed by atoms with Gasteiger partial charge in [-0.15, -0.1) is 0 Å². The molecule has 92 valence electrons. The average molecular weight is 232 g/mol. The molecule has 2 atom stereocenters. The first kappa shape index (κ1) is 12.1. The zero-order valence-corrected chi connectivity index (χ0v) is 10.7. The summed E-state index contributed by atoms with van der Waals surface area (Å²) < 4.78 is 0. The molecule has 1 aliphatic rings. The van der Waals surface area contributed by atoms with E-state index in [2.05, 4.69) is 19.1 Å². The first-order valence-electron chi connectivity index (χ1n) is 6.06. The number of benzene rings is 1. The molecule has 1 heterocycles. The van der Waals surface area contributed by atoms with Crippen molar-refractivity contribution >= 4 is 5.91 Å². The second kappa shape index (κ2) is 4.15. The molecule has 1 fully saturated rings. The third-order valence-corrected chi connectivity index (χ3v) is 3.88. The van der Waals surface area contributed by atoms with Crippen LogP contribution in [0.4, 0.5) is 0 Å². The van der Waals surface area contributed by atoms with E-state index in [4.69, 9.17) is 5.73 Å². The molecule has 1 aromatic carbocycles. The topological polar surface area (TPSA) is 46.3 Å². The second-order valence-electron chi connectivity index (χ2n) is 5.37. The number of hydrogen-bond donors (Lipinski definition) is 1. The van der Waals surface area contributed by atoms with Crippen molar-refractivity contribution in [3.63, 3.8) is 0 Å². The minimum absolute atomic E-state index is 0.0823. The second-order valence-corrected chi connectivity index (χ2v) is 5.37. The first-order valence-corrected chi connectivity index (χ1v) is 6.06. The Morgan fingerprint density at radius 2 is 1.94 bits per heavy atom. The first-order chi connectivity index (χ1) is 7.94. The molecule has 0 aliphatic carbocycles. The Kier molecular flexibility index (Phi) is 2.96. The fourth-order valence-electron chi connectivity index (χ4n) is 2.30. The SMILES string of the molecule is C[C@@H](c1ccccc1)N1C[C@H](N)C(C)(C)C1=O. The smallest absolute Gasteiger partial charge is 0.230 e. The van der Waals surface area contributed by atoms with Crippen molar-refractivity contribution in [3.05, 3.63) is 35.9 Å². The molecule has 1 saturated heterocycles. The molecule has 1 aromatic rings. The van der Waals surface area contributed by atoms with E-state index in [0.717, 1.165) is 5.56 Å². The van der Waals surface area contributed by atoms with Gasteiger partial charge in [0, 0.05) is 12.6 Å². The molecular formula is C14H20N2O. The van der Waals surface area contributed by atoms with Gasteiger partial charge in [0.25, 0.3) is 0 Å². The van der Waals surface area contributed by atoms with Crippen LogP contribution in [0.3, 0.4) is 0 Å². The molecule has 2 N–H and O–H groups in total. The van der Waals surface area contributed by atoms with Gasteiger partial charge in [0.1, 0.15) is 0 Å². The number of nitrogens with zero attached hydrogens (tertiary/aromatic N) is 1. The third-order valence-electron chi connectivity index (χ3n) is 3.88. The van der Waals surface area contributed by atoms with E-state index in [1.165, 1.54) is 0 Å². The van der Waals surface area contributed by atoms with E-state index in [1.807, 2.05) is 36.9 Å². The molecule has 17 heavy (non-hydrogen) atoms. The third kappa shape index (κ3) is 1.95. The Balaban J connectivity index is 2.23. The summed E-state index contributed by atoms with van der Waals surface area (Å²) in [5, 5.41) is 0. The molecule has 0 aromatic heterocycles. The molecule has 0 saturated carbocycles. The van der Waals surface area contributed by atoms with Gasteiger partial charge < -0.3 is 10.6 Å². The van der Waals surface area contributed by atoms with Gasteiger partial charge in [-0.2, -0.15) is 0 Å². The Bertz CT molecular complexity index is 413. The van der Waals surface area contributed by atoms with Crippen molar-refractivity contribution in [1.82, 2.24) is 4.90 Å². The predicted molar refractivity (Wildman–Crippen MR) is 68.3 cm³/mol. The average Bonchev–Trinajstić information content (AvgIpc) is 2.53. The van der Waals surface area contributed by atoms with Crippen molar-refractivity contribution in [2.75, 3.05) is 6.54 Å². The van der Waals surface area contributed by atoms with Crippen molar-refractivity contribution in [1.29, 1.82) is 0 Å². The maximum Gasteiger partial charge on any atom is 0.230 e. The number of carbonyl (C=O) groups is 1. The molecule has 0 radical (unpaired) electrons. The standard InChI is InChI=1S/C14H20N2O/c1-10(11-7-5-4-6-8-11)16-9-12(15)14(2,3)13(16)17/h4-8,10,12H,9,15H2,1-3H3/t10-,12-/m0/s1. The minimum Gasteiger partial charge on any atom is -0.334 e. The molecule has 2 rings (SSSR count). The van der Waals surface area contributed by atoms with Crippen LogP contribution in [0.1, 0.15) is 32.4 Å². The molecule has 0 unspecified atom stereocenters. The lowest BCUT2D eigenvalue weighted by Crippen LogP contribution is -2.37. The van der Waals surface area contributed by atoms with E-state index >= 15 is 0 Å². The molecule has 3 nitrogen and oxygen atoms in total. The summed E-state index contributed by atoms with van der Waals surface area (Å²) in [4.78, 5) is 14.2. The zero-order valence-electron chi connectivity index (χ0n) is 10.7. The summed E-state index contributed by atoms with van der Waals surface area (Å²) in [6.45, 7) is 6.55. The van der Waals surface area contributed by atoms with Crippen LogP contribution in [0.15, 0.2) is 30.3 Å². The van der Waals surface area contributed by atoms with Gasteiger partial charge in [0.2, 0.25) is 5.91 Å². The van der Waals surface area contributed by atoms with Crippen LogP contribution in [0.25, 0.3) is 0 Å². The van der Waals surface area contributed by atoms with Gasteiger partial charge in [-0.25, -0.2) is 0 Å². The van der Waals surface area contributed by atoms with Crippen molar-refractivity contribution < 1.29 is 4.79 Å². The zero-order chi connectivity index (χ0) is 12.6. The van der Waals surface area contributed by atoms with E-state index < -0.39 is 5.41 Å². The number of nitrogens with two attached hydrogens (primary N) is 1. The van der Waals surface area contributed by atoms with E-state index in [0.29, 0.717) is 6.54 Å². The summed E-state index contributed by atoms with van der Waals surface area (Å²) in [6.07, 6.45) is 0. The highest BCUT2D eigenvalue weighted by Crippen LogP contribution is 2.35. The van der Waals surface area contributed by atoms with Crippen LogP contribution in [0, 0.1) is 5.41 Å². The van der Waals surface area contributed by atoms with Crippen molar-refractivity contribution in [3.8, 4) is 0 Å². The molecule has 3 heteroatoms. The van der Waals surface area contributed by atoms with Gasteiger partial charge in [-0.1, -0.05) is 30.3 Å². The number of amides is 1. The number of likely N-dealkylation sites (tertiary alicyclic amines) is 1. The fourth-order valence-corrected chi connectivity index (χ4v) is 2.30. The van der Waals surface area contributed by atoms with Crippen LogP contribution in [-0.2, 0) is 4.79 Å². The Labute approximate surface area is 103 Å². The Morgan fingerprint density at radius 1 is 1.35 bits per heavy atom. The highest BCUT2D eigenvalue weighted by molar-refractivity contribution is 5.85. The summed E-state index contributed by atoms with van der Waals surface area (Å²) in [7, 11) is 0. The maximum absolute atomic E-state index is 12.3. The molecule has 0 bridgehead atoms. The van der Waals surface area contributed by atoms with Crippen molar-refractivity contribution in [2.24, 2.45) is 11.1 Å². The molecule has 1 aliphatic heterocycles. The molecule has 1 amide bonds. The van der Waals surface area contributed by atoms with E-state index in [-0.39, 0.29) is 18.0 Å². The van der Waals surface area contributed by atoms with Crippen LogP contribution < -0.4 is 5.73 Å². The fraction of sp³-hybridized carbons (Fsp3) is 0.500. The number of hydrogen-bond acceptors (Lipinski definition) is 2. The highest BCUT2D eigenvalue weighted by Gasteiger charge is 2.46. The van der Waals surface area contributed by atoms with Gasteiger partial charge in [-0.3, -0.25) is 4.79 Å². The minimum atomic E-state index is -0.441. The van der Waals surface area contributed by atoms with Gasteiger partial charge in [0.05, 0.1) is 11.5 Å². The molecular weight excluding hydrogens is 212 g/mol. The summed E-state index contributed by atoms with van der Waals surface area (Å²) >= 11 is 0. The lowest BCUT2D eigenvalue weighted by Gasteiger charge is -2.26. The van der Waals surface area contributed by atoms with Crippen LogP contribution in [0.5, 0.6) is 0 Å². The Hall–Kier alpha value is -1.35. The predicted octanol–water partition coefficient (Wildman–Crippen LogP) is 1.94. The van der Waals surface area contributed by atoms with Crippen molar-refractivity contribution in [2.45, 2.75) is 32.9 Å². The summed E-state index contributed by atoms with van der Waals surface area (Å²) in [6, 6.07) is 10.1. The maximum atomic E-state index is 12.3. The summed E-state index contributed by atoms with van der Waals surface area (Å²) in [5.74, 6) is 0.154. The number of rotatable bonds is 2. The quantitative estimate of drug-likeness (QED) is 0.847. The summed E-state index contributed by atoms with van der Waals surface area (Å²) in [5.41, 5.74) is 6.76. The van der Waals surface area contributed by atoms with E-state index in [9.17, 15) is 4.79 Å². The normalized spacial score (nSPS) is 25.1. The monoisotopic (exact) mass is 232 g/mol. The lowest BCUT2D eigenvalue weighted by atomic mass is 9.88. The van der Waals surface area contributed by atoms with Crippen LogP contribution >= 0.6 is 0 Å². The van der Waals surface area contributed by atoms with Crippen LogP contribution in [-0.4, -0.2) is 23.4 Å². The highest BCUT2D eigenvalue weighted by atomic mass is 16.2. The number of carbonyl (C=O) groups excluding carboxylic acids is 1. The van der Waals surface area contributed by atoms with Gasteiger partial charge >= 0.3 is 0 Å².